The third-order valence-electron chi connectivity index (χ3n) is 4.28. The Morgan fingerprint density at radius 1 is 0.750 bits per heavy atom. The summed E-state index contributed by atoms with van der Waals surface area (Å²) in [7, 11) is 0. The molecule has 0 saturated carbocycles. The maximum absolute atomic E-state index is 9.58. The van der Waals surface area contributed by atoms with Gasteiger partial charge < -0.3 is 0 Å². The fraction of sp³-hybridized carbons (Fsp3) is 0. The number of hydrogen-bond acceptors (Lipinski definition) is 3. The number of benzene rings is 3. The van der Waals surface area contributed by atoms with E-state index < -0.39 is 0 Å². The second-order valence-electron chi connectivity index (χ2n) is 6.11. The Labute approximate surface area is 168 Å². The third kappa shape index (κ3) is 3.90. The molecule has 0 amide bonds. The normalized spacial score (nSPS) is 10.2. The monoisotopic (exact) mass is 378 g/mol. The van der Waals surface area contributed by atoms with Crippen LogP contribution in [0.5, 0.6) is 0 Å². The summed E-state index contributed by atoms with van der Waals surface area (Å²) in [5, 5.41) is 10.4. The number of aromatic nitrogens is 1. The van der Waals surface area contributed by atoms with Crippen LogP contribution in [0.4, 0.5) is 5.69 Å². The molecule has 0 atom stereocenters. The van der Waals surface area contributed by atoms with Crippen molar-refractivity contribution in [2.75, 3.05) is 0 Å². The predicted octanol–water partition coefficient (Wildman–Crippen LogP) is 6.23. The first-order valence-corrected chi connectivity index (χ1v) is 9.60. The number of hydrogen-bond donors (Lipinski definition) is 0. The molecule has 1 heterocycles. The van der Waals surface area contributed by atoms with Crippen molar-refractivity contribution in [3.8, 4) is 28.3 Å². The third-order valence-corrected chi connectivity index (χ3v) is 4.98. The van der Waals surface area contributed by atoms with Crippen molar-refractivity contribution >= 4 is 17.6 Å². The molecule has 1 aromatic heterocycles. The van der Waals surface area contributed by atoms with Crippen molar-refractivity contribution < 1.29 is 0 Å². The van der Waals surface area contributed by atoms with Gasteiger partial charge in [-0.05, 0) is 35.4 Å². The zero-order valence-corrected chi connectivity index (χ0v) is 15.8. The Hall–Kier alpha value is -3.55. The van der Waals surface area contributed by atoms with E-state index in [-0.39, 0.29) is 0 Å². The molecule has 0 aliphatic carbocycles. The van der Waals surface area contributed by atoms with Crippen LogP contribution in [0.1, 0.15) is 5.56 Å². The number of nitriles is 1. The molecule has 133 valence electrons. The molecule has 3 aromatic carbocycles. The van der Waals surface area contributed by atoms with E-state index in [1.165, 1.54) is 11.9 Å². The molecule has 4 rings (SSSR count). The molecule has 0 unspecified atom stereocenters. The molecule has 4 heteroatoms. The van der Waals surface area contributed by atoms with Crippen LogP contribution in [0, 0.1) is 11.3 Å². The van der Waals surface area contributed by atoms with Crippen LogP contribution in [0.15, 0.2) is 102 Å². The molecule has 4 aromatic rings. The molecular weight excluding hydrogens is 362 g/mol. The van der Waals surface area contributed by atoms with Crippen LogP contribution in [-0.4, -0.2) is 4.98 Å². The summed E-state index contributed by atoms with van der Waals surface area (Å²) in [5.41, 5.74) is 5.37. The first-order valence-electron chi connectivity index (χ1n) is 8.83. The van der Waals surface area contributed by atoms with Crippen LogP contribution >= 0.6 is 11.9 Å². The van der Waals surface area contributed by atoms with Crippen LogP contribution in [0.2, 0.25) is 0 Å². The summed E-state index contributed by atoms with van der Waals surface area (Å²) in [6, 6.07) is 31.9. The minimum Gasteiger partial charge on any atom is -0.248 e. The molecule has 0 bridgehead atoms. The van der Waals surface area contributed by atoms with E-state index in [9.17, 15) is 5.26 Å². The lowest BCUT2D eigenvalue weighted by molar-refractivity contribution is 1.12. The van der Waals surface area contributed by atoms with Crippen molar-refractivity contribution in [1.29, 1.82) is 5.26 Å². The highest BCUT2D eigenvalue weighted by Gasteiger charge is 2.16. The highest BCUT2D eigenvalue weighted by molar-refractivity contribution is 7.97. The summed E-state index contributed by atoms with van der Waals surface area (Å²) in [6.07, 6.45) is 1.76. The van der Waals surface area contributed by atoms with Gasteiger partial charge in [0.15, 0.2) is 0 Å². The van der Waals surface area contributed by atoms with Gasteiger partial charge in [0.05, 0.1) is 17.3 Å². The van der Waals surface area contributed by atoms with Gasteiger partial charge in [0.25, 0.3) is 0 Å². The quantitative estimate of drug-likeness (QED) is 0.387. The molecule has 0 aliphatic rings. The van der Waals surface area contributed by atoms with Gasteiger partial charge in [0.1, 0.15) is 5.03 Å². The lowest BCUT2D eigenvalue weighted by atomic mass is 9.94. The van der Waals surface area contributed by atoms with Gasteiger partial charge in [-0.15, -0.1) is 0 Å². The number of pyridine rings is 1. The number of nitrogens with zero attached hydrogens (tertiary/aromatic N) is 3. The van der Waals surface area contributed by atoms with E-state index in [2.05, 4.69) is 11.1 Å². The van der Waals surface area contributed by atoms with Gasteiger partial charge in [-0.25, -0.2) is 9.71 Å². The summed E-state index contributed by atoms with van der Waals surface area (Å²) in [5.74, 6) is 0. The van der Waals surface area contributed by atoms with Gasteiger partial charge >= 0.3 is 0 Å². The highest BCUT2D eigenvalue weighted by atomic mass is 32.2. The van der Waals surface area contributed by atoms with Gasteiger partial charge in [0, 0.05) is 29.3 Å². The lowest BCUT2D eigenvalue weighted by Crippen LogP contribution is -1.96. The van der Waals surface area contributed by atoms with Crippen LogP contribution < -0.4 is 4.72 Å². The Morgan fingerprint density at radius 2 is 1.32 bits per heavy atom. The average Bonchev–Trinajstić information content (AvgIpc) is 2.79. The van der Waals surface area contributed by atoms with Gasteiger partial charge in [-0.1, -0.05) is 66.7 Å². The molecule has 0 aliphatic heterocycles. The minimum absolute atomic E-state index is 0.611. The largest absolute Gasteiger partial charge is 0.248 e. The summed E-state index contributed by atoms with van der Waals surface area (Å²) >= 11 is 1.34. The zero-order valence-electron chi connectivity index (χ0n) is 15.0. The first kappa shape index (κ1) is 17.8. The molecule has 0 saturated heterocycles. The Balaban J connectivity index is 1.87. The Bertz CT molecular complexity index is 1040. The van der Waals surface area contributed by atoms with E-state index in [1.807, 2.05) is 91.0 Å². The van der Waals surface area contributed by atoms with E-state index in [0.717, 1.165) is 33.0 Å². The van der Waals surface area contributed by atoms with Crippen molar-refractivity contribution in [1.82, 2.24) is 9.71 Å². The van der Waals surface area contributed by atoms with Crippen molar-refractivity contribution in [2.24, 2.45) is 0 Å². The van der Waals surface area contributed by atoms with E-state index in [4.69, 9.17) is 4.72 Å². The molecular formula is C24H16N3S. The summed E-state index contributed by atoms with van der Waals surface area (Å²) in [4.78, 5) is 4.35. The van der Waals surface area contributed by atoms with Crippen LogP contribution in [0.25, 0.3) is 22.3 Å². The average molecular weight is 378 g/mol. The lowest BCUT2D eigenvalue weighted by Gasteiger charge is -2.15. The molecule has 0 fully saturated rings. The second-order valence-corrected chi connectivity index (χ2v) is 6.90. The Kier molecular flexibility index (Phi) is 5.37. The molecule has 0 N–H and O–H groups in total. The van der Waals surface area contributed by atoms with E-state index in [0.29, 0.717) is 5.56 Å². The molecule has 0 spiro atoms. The Morgan fingerprint density at radius 3 is 1.82 bits per heavy atom. The SMILES string of the molecule is N#Cc1cc(-c2ccccc2)c([N]Sc2ccccn2)c(-c2ccccc2)c1. The smallest absolute Gasteiger partial charge is 0.119 e. The fourth-order valence-corrected chi connectivity index (χ4v) is 3.60. The predicted molar refractivity (Wildman–Crippen MR) is 114 cm³/mol. The number of rotatable bonds is 5. The maximum atomic E-state index is 9.58. The molecule has 28 heavy (non-hydrogen) atoms. The summed E-state index contributed by atoms with van der Waals surface area (Å²) < 4.78 is 4.85. The van der Waals surface area contributed by atoms with Crippen LogP contribution in [-0.2, 0) is 0 Å². The zero-order chi connectivity index (χ0) is 19.2. The van der Waals surface area contributed by atoms with Crippen molar-refractivity contribution in [3.63, 3.8) is 0 Å². The van der Waals surface area contributed by atoms with Crippen molar-refractivity contribution in [2.45, 2.75) is 5.03 Å². The minimum atomic E-state index is 0.611. The molecule has 3 nitrogen and oxygen atoms in total. The van der Waals surface area contributed by atoms with E-state index >= 15 is 0 Å². The maximum Gasteiger partial charge on any atom is 0.119 e. The van der Waals surface area contributed by atoms with Gasteiger partial charge in [-0.2, -0.15) is 5.26 Å². The highest BCUT2D eigenvalue weighted by Crippen LogP contribution is 2.40. The summed E-state index contributed by atoms with van der Waals surface area (Å²) in [6.45, 7) is 0. The van der Waals surface area contributed by atoms with Gasteiger partial charge in [-0.3, -0.25) is 0 Å². The van der Waals surface area contributed by atoms with Crippen LogP contribution in [0.3, 0.4) is 0 Å². The first-order chi connectivity index (χ1) is 13.8. The second kappa shape index (κ2) is 8.43. The fourth-order valence-electron chi connectivity index (χ4n) is 2.97. The molecule has 1 radical (unpaired) electrons. The topological polar surface area (TPSA) is 50.8 Å². The van der Waals surface area contributed by atoms with E-state index in [1.54, 1.807) is 6.20 Å². The standard InChI is InChI=1S/C24H16N3S/c25-17-18-15-21(19-9-3-1-4-10-19)24(27-28-23-13-7-8-14-26-23)22(16-18)20-11-5-2-6-12-20/h1-16H. The van der Waals surface area contributed by atoms with Crippen molar-refractivity contribution in [3.05, 3.63) is 103 Å². The van der Waals surface area contributed by atoms with Gasteiger partial charge in [0.2, 0.25) is 0 Å².